The van der Waals surface area contributed by atoms with Crippen molar-refractivity contribution in [2.24, 2.45) is 0 Å². The van der Waals surface area contributed by atoms with Gasteiger partial charge in [-0.1, -0.05) is 49.6 Å². The van der Waals surface area contributed by atoms with Crippen LogP contribution in [0.5, 0.6) is 5.88 Å². The number of aryl methyl sites for hydroxylation is 1. The highest BCUT2D eigenvalue weighted by atomic mass is 32.1. The molecule has 0 saturated heterocycles. The van der Waals surface area contributed by atoms with E-state index in [2.05, 4.69) is 34.3 Å². The number of hydrogen-bond donors (Lipinski definition) is 1. The largest absolute Gasteiger partial charge is 0.467 e. The first-order chi connectivity index (χ1) is 13.2. The van der Waals surface area contributed by atoms with Crippen molar-refractivity contribution >= 4 is 27.5 Å². The molecule has 27 heavy (non-hydrogen) atoms. The molecule has 5 nitrogen and oxygen atoms in total. The Labute approximate surface area is 162 Å². The summed E-state index contributed by atoms with van der Waals surface area (Å²) >= 11 is 1.62. The van der Waals surface area contributed by atoms with E-state index < -0.39 is 0 Å². The van der Waals surface area contributed by atoms with Gasteiger partial charge in [-0.3, -0.25) is 4.79 Å². The van der Waals surface area contributed by atoms with Crippen molar-refractivity contribution in [3.63, 3.8) is 0 Å². The monoisotopic (exact) mass is 381 g/mol. The molecule has 1 N–H and O–H groups in total. The lowest BCUT2D eigenvalue weighted by Crippen LogP contribution is -2.39. The second-order valence-corrected chi connectivity index (χ2v) is 8.15. The van der Waals surface area contributed by atoms with Crippen LogP contribution in [0.4, 0.5) is 0 Å². The van der Waals surface area contributed by atoms with Gasteiger partial charge in [-0.05, 0) is 25.3 Å². The molecule has 4 rings (SSSR count). The number of amides is 1. The van der Waals surface area contributed by atoms with Crippen molar-refractivity contribution in [1.29, 1.82) is 0 Å². The summed E-state index contributed by atoms with van der Waals surface area (Å²) in [5.74, 6) is 0.392. The number of benzene rings is 1. The molecule has 1 aromatic carbocycles. The molecule has 2 heterocycles. The molecule has 0 bridgehead atoms. The van der Waals surface area contributed by atoms with E-state index in [9.17, 15) is 4.79 Å². The van der Waals surface area contributed by atoms with Crippen LogP contribution in [-0.4, -0.2) is 28.5 Å². The maximum absolute atomic E-state index is 12.3. The molecule has 1 fully saturated rings. The summed E-state index contributed by atoms with van der Waals surface area (Å²) in [5, 5.41) is 3.97. The summed E-state index contributed by atoms with van der Waals surface area (Å²) in [6.45, 7) is 2.06. The molecule has 1 aliphatic carbocycles. The van der Waals surface area contributed by atoms with E-state index in [1.165, 1.54) is 25.6 Å². The SMILES string of the molecule is Cc1sc2ncnc(OCC(=O)NC3CCCCC3)c2c1-c1ccccc1. The molecular weight excluding hydrogens is 358 g/mol. The van der Waals surface area contributed by atoms with E-state index in [0.717, 1.165) is 39.1 Å². The van der Waals surface area contributed by atoms with Crippen molar-refractivity contribution in [1.82, 2.24) is 15.3 Å². The molecule has 2 aromatic heterocycles. The second kappa shape index (κ2) is 8.05. The Morgan fingerprint density at radius 3 is 2.74 bits per heavy atom. The van der Waals surface area contributed by atoms with Gasteiger partial charge in [0.05, 0.1) is 5.39 Å². The van der Waals surface area contributed by atoms with E-state index >= 15 is 0 Å². The number of thiophene rings is 1. The van der Waals surface area contributed by atoms with Crippen molar-refractivity contribution in [2.45, 2.75) is 45.1 Å². The fourth-order valence-electron chi connectivity index (χ4n) is 3.73. The Bertz CT molecular complexity index is 933. The topological polar surface area (TPSA) is 64.1 Å². The number of fused-ring (bicyclic) bond motifs is 1. The number of nitrogens with one attached hydrogen (secondary N) is 1. The van der Waals surface area contributed by atoms with Gasteiger partial charge in [0.1, 0.15) is 11.2 Å². The lowest BCUT2D eigenvalue weighted by atomic mass is 9.95. The highest BCUT2D eigenvalue weighted by Gasteiger charge is 2.19. The Morgan fingerprint density at radius 1 is 1.19 bits per heavy atom. The predicted molar refractivity (Wildman–Crippen MR) is 108 cm³/mol. The zero-order valence-electron chi connectivity index (χ0n) is 15.4. The first-order valence-corrected chi connectivity index (χ1v) is 10.3. The quantitative estimate of drug-likeness (QED) is 0.707. The van der Waals surface area contributed by atoms with Gasteiger partial charge in [-0.15, -0.1) is 11.3 Å². The Morgan fingerprint density at radius 2 is 1.96 bits per heavy atom. The number of aromatic nitrogens is 2. The minimum Gasteiger partial charge on any atom is -0.467 e. The summed E-state index contributed by atoms with van der Waals surface area (Å²) < 4.78 is 5.84. The molecule has 1 saturated carbocycles. The summed E-state index contributed by atoms with van der Waals surface area (Å²) in [4.78, 5) is 23.1. The number of nitrogens with zero attached hydrogens (tertiary/aromatic N) is 2. The third-order valence-electron chi connectivity index (χ3n) is 5.00. The number of carbonyl (C=O) groups excluding carboxylic acids is 1. The number of hydrogen-bond acceptors (Lipinski definition) is 5. The normalized spacial score (nSPS) is 15.0. The molecule has 0 spiro atoms. The van der Waals surface area contributed by atoms with E-state index in [4.69, 9.17) is 4.74 Å². The van der Waals surface area contributed by atoms with Crippen molar-refractivity contribution in [3.05, 3.63) is 41.5 Å². The van der Waals surface area contributed by atoms with Gasteiger partial charge in [0.2, 0.25) is 5.88 Å². The summed E-state index contributed by atoms with van der Waals surface area (Å²) in [6, 6.07) is 10.4. The predicted octanol–water partition coefficient (Wildman–Crippen LogP) is 4.49. The summed E-state index contributed by atoms with van der Waals surface area (Å²) in [6.07, 6.45) is 7.26. The highest BCUT2D eigenvalue weighted by molar-refractivity contribution is 7.19. The first kappa shape index (κ1) is 17.9. The highest BCUT2D eigenvalue weighted by Crippen LogP contribution is 2.40. The molecule has 1 amide bonds. The van der Waals surface area contributed by atoms with Crippen LogP contribution in [0.1, 0.15) is 37.0 Å². The Kier molecular flexibility index (Phi) is 5.34. The zero-order chi connectivity index (χ0) is 18.6. The van der Waals surface area contributed by atoms with Crippen LogP contribution < -0.4 is 10.1 Å². The fourth-order valence-corrected chi connectivity index (χ4v) is 4.73. The van der Waals surface area contributed by atoms with E-state index in [1.54, 1.807) is 11.3 Å². The lowest BCUT2D eigenvalue weighted by Gasteiger charge is -2.22. The minimum absolute atomic E-state index is 0.0221. The van der Waals surface area contributed by atoms with Gasteiger partial charge in [0.15, 0.2) is 6.61 Å². The van der Waals surface area contributed by atoms with E-state index in [1.807, 2.05) is 18.2 Å². The Balaban J connectivity index is 1.56. The molecular formula is C21H23N3O2S. The van der Waals surface area contributed by atoms with E-state index in [-0.39, 0.29) is 18.6 Å². The molecule has 0 atom stereocenters. The van der Waals surface area contributed by atoms with Gasteiger partial charge >= 0.3 is 0 Å². The third-order valence-corrected chi connectivity index (χ3v) is 6.02. The standard InChI is InChI=1S/C21H23N3O2S/c1-14-18(15-8-4-2-5-9-15)19-20(22-13-23-21(19)27-14)26-12-17(25)24-16-10-6-3-7-11-16/h2,4-5,8-9,13,16H,3,6-7,10-12H2,1H3,(H,24,25). The van der Waals surface area contributed by atoms with Crippen LogP contribution >= 0.6 is 11.3 Å². The van der Waals surface area contributed by atoms with Gasteiger partial charge < -0.3 is 10.1 Å². The van der Waals surface area contributed by atoms with Crippen LogP contribution in [0.3, 0.4) is 0 Å². The minimum atomic E-state index is -0.0816. The van der Waals surface area contributed by atoms with Crippen molar-refractivity contribution in [2.75, 3.05) is 6.61 Å². The molecule has 0 radical (unpaired) electrons. The van der Waals surface area contributed by atoms with Crippen LogP contribution in [-0.2, 0) is 4.79 Å². The van der Waals surface area contributed by atoms with Gasteiger partial charge in [0, 0.05) is 16.5 Å². The molecule has 0 unspecified atom stereocenters. The van der Waals surface area contributed by atoms with Crippen LogP contribution in [0, 0.1) is 6.92 Å². The van der Waals surface area contributed by atoms with Gasteiger partial charge in [0.25, 0.3) is 5.91 Å². The van der Waals surface area contributed by atoms with Crippen LogP contribution in [0.15, 0.2) is 36.7 Å². The molecule has 1 aliphatic rings. The van der Waals surface area contributed by atoms with Crippen LogP contribution in [0.25, 0.3) is 21.3 Å². The number of carbonyl (C=O) groups is 1. The van der Waals surface area contributed by atoms with Gasteiger partial charge in [-0.25, -0.2) is 9.97 Å². The molecule has 0 aliphatic heterocycles. The van der Waals surface area contributed by atoms with E-state index in [0.29, 0.717) is 5.88 Å². The molecule has 140 valence electrons. The summed E-state index contributed by atoms with van der Waals surface area (Å²) in [5.41, 5.74) is 2.19. The number of rotatable bonds is 5. The maximum Gasteiger partial charge on any atom is 0.258 e. The molecule has 3 aromatic rings. The zero-order valence-corrected chi connectivity index (χ0v) is 16.2. The second-order valence-electron chi connectivity index (χ2n) is 6.95. The average Bonchev–Trinajstić information content (AvgIpc) is 3.04. The number of ether oxygens (including phenoxy) is 1. The fraction of sp³-hybridized carbons (Fsp3) is 0.381. The third kappa shape index (κ3) is 3.95. The average molecular weight is 382 g/mol. The lowest BCUT2D eigenvalue weighted by molar-refractivity contribution is -0.124. The Hall–Kier alpha value is -2.47. The van der Waals surface area contributed by atoms with Crippen molar-refractivity contribution in [3.8, 4) is 17.0 Å². The summed E-state index contributed by atoms with van der Waals surface area (Å²) in [7, 11) is 0. The first-order valence-electron chi connectivity index (χ1n) is 9.44. The van der Waals surface area contributed by atoms with Crippen molar-refractivity contribution < 1.29 is 9.53 Å². The maximum atomic E-state index is 12.3. The molecule has 6 heteroatoms. The van der Waals surface area contributed by atoms with Crippen LogP contribution in [0.2, 0.25) is 0 Å². The van der Waals surface area contributed by atoms with Gasteiger partial charge in [-0.2, -0.15) is 0 Å². The smallest absolute Gasteiger partial charge is 0.258 e.